The van der Waals surface area contributed by atoms with Crippen molar-refractivity contribution in [2.24, 2.45) is 0 Å². The third-order valence-corrected chi connectivity index (χ3v) is 3.35. The quantitative estimate of drug-likeness (QED) is 0.477. The number of fused-ring (bicyclic) bond motifs is 1. The van der Waals surface area contributed by atoms with Gasteiger partial charge in [0.25, 0.3) is 0 Å². The highest BCUT2D eigenvalue weighted by atomic mass is 16.7. The molecule has 1 aliphatic heterocycles. The van der Waals surface area contributed by atoms with E-state index in [4.69, 9.17) is 0 Å². The minimum Gasteiger partial charge on any atom is -0.237 e. The van der Waals surface area contributed by atoms with Gasteiger partial charge in [-0.25, -0.2) is 25.0 Å². The van der Waals surface area contributed by atoms with Crippen LogP contribution in [0.2, 0.25) is 0 Å². The van der Waals surface area contributed by atoms with Crippen LogP contribution in [-0.4, -0.2) is 37.2 Å². The van der Waals surface area contributed by atoms with Gasteiger partial charge < -0.3 is 0 Å². The lowest BCUT2D eigenvalue weighted by Gasteiger charge is -2.11. The summed E-state index contributed by atoms with van der Waals surface area (Å²) in [4.78, 5) is 32.7. The van der Waals surface area contributed by atoms with Crippen molar-refractivity contribution in [1.82, 2.24) is 10.0 Å². The van der Waals surface area contributed by atoms with Gasteiger partial charge in [0.1, 0.15) is 11.1 Å². The number of carbonyl (C=O) groups is 1. The van der Waals surface area contributed by atoms with E-state index in [0.717, 1.165) is 0 Å². The van der Waals surface area contributed by atoms with Crippen LogP contribution in [0.3, 0.4) is 0 Å². The Bertz CT molecular complexity index is 363. The van der Waals surface area contributed by atoms with Gasteiger partial charge in [0.05, 0.1) is 0 Å². The Morgan fingerprint density at radius 1 is 1.13 bits per heavy atom. The summed E-state index contributed by atoms with van der Waals surface area (Å²) in [6.07, 6.45) is 0.230. The van der Waals surface area contributed by atoms with Crippen molar-refractivity contribution < 1.29 is 14.9 Å². The first-order valence-electron chi connectivity index (χ1n) is 4.19. The monoisotopic (exact) mass is 216 g/mol. The van der Waals surface area contributed by atoms with Crippen LogP contribution in [-0.2, 0) is 0 Å². The van der Waals surface area contributed by atoms with E-state index in [1.54, 1.807) is 0 Å². The van der Waals surface area contributed by atoms with Crippen LogP contribution in [0, 0.1) is 20.2 Å². The summed E-state index contributed by atoms with van der Waals surface area (Å²) >= 11 is 0. The molecule has 0 aromatic heterocycles. The molecular formula is C6H8N4O5. The lowest BCUT2D eigenvalue weighted by atomic mass is 10.2. The molecule has 2 aliphatic rings. The van der Waals surface area contributed by atoms with Crippen molar-refractivity contribution >= 4 is 6.03 Å². The summed E-state index contributed by atoms with van der Waals surface area (Å²) in [6, 6.07) is -1.18. The zero-order valence-electron chi connectivity index (χ0n) is 8.04. The van der Waals surface area contributed by atoms with Gasteiger partial charge in [0, 0.05) is 6.42 Å². The molecule has 82 valence electrons. The van der Waals surface area contributed by atoms with E-state index in [-0.39, 0.29) is 6.42 Å². The van der Waals surface area contributed by atoms with E-state index in [0.29, 0.717) is 10.0 Å². The highest BCUT2D eigenvalue weighted by Gasteiger charge is 2.85. The second kappa shape index (κ2) is 2.18. The fraction of sp³-hybridized carbons (Fsp3) is 0.833. The van der Waals surface area contributed by atoms with Crippen molar-refractivity contribution in [2.45, 2.75) is 31.3 Å². The van der Waals surface area contributed by atoms with Gasteiger partial charge in [-0.15, -0.1) is 0 Å². The second-order valence-electron chi connectivity index (χ2n) is 4.11. The Kier molecular flexibility index (Phi) is 1.40. The van der Waals surface area contributed by atoms with Gasteiger partial charge in [-0.3, -0.25) is 0 Å². The Morgan fingerprint density at radius 2 is 1.47 bits per heavy atom. The van der Waals surface area contributed by atoms with Gasteiger partial charge in [-0.2, -0.15) is 0 Å². The molecule has 2 atom stereocenters. The lowest BCUT2D eigenvalue weighted by molar-refractivity contribution is -0.660. The average Bonchev–Trinajstić information content (AvgIpc) is 2.45. The van der Waals surface area contributed by atoms with Gasteiger partial charge in [0.15, 0.2) is 10.1 Å². The summed E-state index contributed by atoms with van der Waals surface area (Å²) in [5.41, 5.74) is -2.14. The number of amides is 2. The maximum absolute atomic E-state index is 11.4. The van der Waals surface area contributed by atoms with Gasteiger partial charge in [-0.05, 0) is 23.9 Å². The number of hydrogen-bond donors (Lipinski definition) is 0. The van der Waals surface area contributed by atoms with Crippen LogP contribution in [0.15, 0.2) is 0 Å². The fourth-order valence-electron chi connectivity index (χ4n) is 2.24. The molecule has 0 aromatic rings. The van der Waals surface area contributed by atoms with Gasteiger partial charge in [-0.1, -0.05) is 0 Å². The van der Waals surface area contributed by atoms with Crippen LogP contribution < -0.4 is 0 Å². The summed E-state index contributed by atoms with van der Waals surface area (Å²) in [5.74, 6) is 0. The molecule has 0 spiro atoms. The van der Waals surface area contributed by atoms with E-state index in [1.165, 1.54) is 13.8 Å². The Labute approximate surface area is 83.5 Å². The molecule has 0 radical (unpaired) electrons. The van der Waals surface area contributed by atoms with Gasteiger partial charge >= 0.3 is 6.03 Å². The smallest absolute Gasteiger partial charge is 0.237 e. The molecule has 2 fully saturated rings. The highest BCUT2D eigenvalue weighted by molar-refractivity contribution is 5.80. The fourth-order valence-corrected chi connectivity index (χ4v) is 2.24. The zero-order chi connectivity index (χ0) is 11.6. The van der Waals surface area contributed by atoms with Crippen LogP contribution in [0.1, 0.15) is 20.3 Å². The standard InChI is InChI=1S/C6H8N4O5/c1-5-3-6(5,2)8(10(14)15)4(11)7(5)9(12)13/h3H2,1-2H3/t5-,6+. The predicted octanol–water partition coefficient (Wildman–Crippen LogP) is 0.0285. The third-order valence-electron chi connectivity index (χ3n) is 3.35. The van der Waals surface area contributed by atoms with E-state index in [1.807, 2.05) is 0 Å². The first-order valence-corrected chi connectivity index (χ1v) is 4.19. The molecule has 1 heterocycles. The molecule has 2 amide bonds. The molecular weight excluding hydrogens is 208 g/mol. The number of carbonyl (C=O) groups excluding carboxylic acids is 1. The number of hydrazine groups is 2. The molecule has 1 saturated carbocycles. The van der Waals surface area contributed by atoms with Crippen LogP contribution >= 0.6 is 0 Å². The van der Waals surface area contributed by atoms with E-state index in [9.17, 15) is 25.0 Å². The van der Waals surface area contributed by atoms with Crippen molar-refractivity contribution in [2.75, 3.05) is 0 Å². The van der Waals surface area contributed by atoms with Crippen LogP contribution in [0.5, 0.6) is 0 Å². The highest BCUT2D eigenvalue weighted by Crippen LogP contribution is 2.60. The van der Waals surface area contributed by atoms with Crippen molar-refractivity contribution in [3.8, 4) is 0 Å². The normalized spacial score (nSPS) is 37.9. The number of urea groups is 1. The molecule has 0 unspecified atom stereocenters. The number of rotatable bonds is 2. The maximum atomic E-state index is 11.4. The number of nitrogens with zero attached hydrogens (tertiary/aromatic N) is 4. The summed E-state index contributed by atoms with van der Waals surface area (Å²) < 4.78 is 0. The minimum atomic E-state index is -1.18. The number of nitro groups is 2. The minimum absolute atomic E-state index is 0.230. The molecule has 0 aromatic carbocycles. The van der Waals surface area contributed by atoms with E-state index < -0.39 is 27.2 Å². The Balaban J connectivity index is 2.47. The van der Waals surface area contributed by atoms with Crippen LogP contribution in [0.4, 0.5) is 4.79 Å². The Hall–Kier alpha value is -1.93. The molecule has 9 nitrogen and oxygen atoms in total. The summed E-state index contributed by atoms with van der Waals surface area (Å²) in [7, 11) is 0. The zero-order valence-corrected chi connectivity index (χ0v) is 8.04. The maximum Gasteiger partial charge on any atom is 0.436 e. The lowest BCUT2D eigenvalue weighted by Crippen LogP contribution is -2.45. The van der Waals surface area contributed by atoms with Crippen molar-refractivity contribution in [3.05, 3.63) is 20.2 Å². The SMILES string of the molecule is C[C@@]12C[C@]1(C)N([N+](=O)[O-])C(=O)N2[N+](=O)[O-]. The molecule has 1 saturated heterocycles. The number of hydrogen-bond acceptors (Lipinski definition) is 5. The van der Waals surface area contributed by atoms with Gasteiger partial charge in [0.2, 0.25) is 0 Å². The largest absolute Gasteiger partial charge is 0.436 e. The topological polar surface area (TPSA) is 110 Å². The van der Waals surface area contributed by atoms with E-state index >= 15 is 0 Å². The average molecular weight is 216 g/mol. The predicted molar refractivity (Wildman–Crippen MR) is 44.5 cm³/mol. The first kappa shape index (κ1) is 9.62. The molecule has 15 heavy (non-hydrogen) atoms. The molecule has 0 N–H and O–H groups in total. The second-order valence-corrected chi connectivity index (χ2v) is 4.11. The molecule has 9 heteroatoms. The first-order chi connectivity index (χ1) is 6.75. The van der Waals surface area contributed by atoms with Crippen molar-refractivity contribution in [1.29, 1.82) is 0 Å². The summed E-state index contributed by atoms with van der Waals surface area (Å²) in [5, 5.41) is 20.2. The van der Waals surface area contributed by atoms with Crippen molar-refractivity contribution in [3.63, 3.8) is 0 Å². The Morgan fingerprint density at radius 3 is 1.67 bits per heavy atom. The third kappa shape index (κ3) is 0.802. The summed E-state index contributed by atoms with van der Waals surface area (Å²) in [6.45, 7) is 2.94. The molecule has 2 rings (SSSR count). The molecule has 1 aliphatic carbocycles. The molecule has 0 bridgehead atoms. The van der Waals surface area contributed by atoms with E-state index in [2.05, 4.69) is 0 Å². The van der Waals surface area contributed by atoms with Crippen LogP contribution in [0.25, 0.3) is 0 Å².